The van der Waals surface area contributed by atoms with E-state index in [9.17, 15) is 8.42 Å². The molecule has 1 aliphatic carbocycles. The van der Waals surface area contributed by atoms with E-state index in [-0.39, 0.29) is 0 Å². The molecule has 1 saturated heterocycles. The van der Waals surface area contributed by atoms with E-state index in [1.54, 1.807) is 6.07 Å². The van der Waals surface area contributed by atoms with Gasteiger partial charge in [0.25, 0.3) is 0 Å². The Morgan fingerprint density at radius 2 is 1.77 bits per heavy atom. The first kappa shape index (κ1) is 19.5. The lowest BCUT2D eigenvalue weighted by Crippen LogP contribution is -2.31. The first-order valence-corrected chi connectivity index (χ1v) is 12.0. The van der Waals surface area contributed by atoms with Crippen LogP contribution in [-0.4, -0.2) is 29.4 Å². The summed E-state index contributed by atoms with van der Waals surface area (Å²) in [4.78, 5) is 4.90. The molecule has 6 nitrogen and oxygen atoms in total. The third kappa shape index (κ3) is 3.46. The fourth-order valence-electron chi connectivity index (χ4n) is 4.47. The van der Waals surface area contributed by atoms with E-state index in [0.717, 1.165) is 42.4 Å². The van der Waals surface area contributed by atoms with Gasteiger partial charge in [0.15, 0.2) is 0 Å². The molecule has 2 heterocycles. The lowest BCUT2D eigenvalue weighted by Gasteiger charge is -2.23. The summed E-state index contributed by atoms with van der Waals surface area (Å²) in [6.07, 6.45) is 5.73. The fourth-order valence-corrected chi connectivity index (χ4v) is 6.17. The molecule has 0 N–H and O–H groups in total. The van der Waals surface area contributed by atoms with Crippen molar-refractivity contribution in [1.82, 2.24) is 14.4 Å². The highest BCUT2D eigenvalue weighted by atomic mass is 32.2. The van der Waals surface area contributed by atoms with E-state index in [1.165, 1.54) is 16.3 Å². The van der Waals surface area contributed by atoms with Crippen LogP contribution in [-0.2, 0) is 22.9 Å². The third-order valence-electron chi connectivity index (χ3n) is 6.17. The summed E-state index contributed by atoms with van der Waals surface area (Å²) in [5, 5.41) is 4.10. The predicted molar refractivity (Wildman–Crippen MR) is 113 cm³/mol. The molecule has 0 saturated carbocycles. The molecule has 0 amide bonds. The van der Waals surface area contributed by atoms with Crippen molar-refractivity contribution in [3.63, 3.8) is 0 Å². The van der Waals surface area contributed by atoms with Crippen molar-refractivity contribution < 1.29 is 12.9 Å². The zero-order valence-corrected chi connectivity index (χ0v) is 17.9. The van der Waals surface area contributed by atoms with E-state index in [1.807, 2.05) is 43.3 Å². The van der Waals surface area contributed by atoms with E-state index in [4.69, 9.17) is 4.52 Å². The topological polar surface area (TPSA) is 76.3 Å². The number of benzene rings is 2. The van der Waals surface area contributed by atoms with Gasteiger partial charge in [0.05, 0.1) is 4.90 Å². The molecule has 1 fully saturated rings. The molecule has 30 heavy (non-hydrogen) atoms. The molecule has 2 aliphatic rings. The van der Waals surface area contributed by atoms with Crippen LogP contribution in [0.5, 0.6) is 0 Å². The Morgan fingerprint density at radius 3 is 2.57 bits per heavy atom. The highest BCUT2D eigenvalue weighted by Crippen LogP contribution is 2.37. The van der Waals surface area contributed by atoms with Crippen LogP contribution in [0.4, 0.5) is 0 Å². The summed E-state index contributed by atoms with van der Waals surface area (Å²) in [5.74, 6) is 0.854. The Kier molecular flexibility index (Phi) is 4.95. The fraction of sp³-hybridized carbons (Fsp3) is 0.391. The first-order valence-electron chi connectivity index (χ1n) is 10.6. The van der Waals surface area contributed by atoms with Gasteiger partial charge in [-0.15, -0.1) is 0 Å². The number of hydrogen-bond acceptors (Lipinski definition) is 5. The molecule has 0 bridgehead atoms. The summed E-state index contributed by atoms with van der Waals surface area (Å²) >= 11 is 0. The largest absolute Gasteiger partial charge is 0.337 e. The van der Waals surface area contributed by atoms with E-state index in [2.05, 4.69) is 10.1 Å². The number of fused-ring (bicyclic) bond motifs is 1. The number of nitrogens with zero attached hydrogens (tertiary/aromatic N) is 3. The van der Waals surface area contributed by atoms with Crippen molar-refractivity contribution in [2.45, 2.75) is 56.4 Å². The van der Waals surface area contributed by atoms with Crippen LogP contribution in [0.3, 0.4) is 0 Å². The molecule has 1 unspecified atom stereocenters. The van der Waals surface area contributed by atoms with Crippen molar-refractivity contribution >= 4 is 10.0 Å². The smallest absolute Gasteiger partial charge is 0.245 e. The van der Waals surface area contributed by atoms with Gasteiger partial charge in [-0.3, -0.25) is 0 Å². The molecular weight excluding hydrogens is 398 g/mol. The van der Waals surface area contributed by atoms with Gasteiger partial charge < -0.3 is 4.52 Å². The van der Waals surface area contributed by atoms with Crippen molar-refractivity contribution in [2.75, 3.05) is 6.54 Å². The zero-order valence-electron chi connectivity index (χ0n) is 17.0. The van der Waals surface area contributed by atoms with Crippen LogP contribution in [0.15, 0.2) is 51.9 Å². The van der Waals surface area contributed by atoms with Gasteiger partial charge in [0.2, 0.25) is 21.7 Å². The Bertz CT molecular complexity index is 1170. The minimum atomic E-state index is -3.62. The van der Waals surface area contributed by atoms with Gasteiger partial charge in [-0.1, -0.05) is 41.1 Å². The Hall–Kier alpha value is -2.51. The number of aryl methyl sites for hydroxylation is 3. The van der Waals surface area contributed by atoms with Crippen molar-refractivity contribution in [2.24, 2.45) is 0 Å². The average Bonchev–Trinajstić information content (AvgIpc) is 3.44. The molecule has 2 aromatic carbocycles. The highest BCUT2D eigenvalue weighted by Gasteiger charge is 2.39. The predicted octanol–water partition coefficient (Wildman–Crippen LogP) is 4.45. The van der Waals surface area contributed by atoms with Crippen LogP contribution in [0.25, 0.3) is 11.4 Å². The number of sulfonamides is 1. The minimum absolute atomic E-state index is 0.365. The number of rotatable bonds is 4. The summed E-state index contributed by atoms with van der Waals surface area (Å²) in [6.45, 7) is 2.49. The van der Waals surface area contributed by atoms with Crippen molar-refractivity contribution in [3.05, 3.63) is 65.0 Å². The lowest BCUT2D eigenvalue weighted by molar-refractivity contribution is 0.290. The molecule has 1 aliphatic heterocycles. The molecule has 5 rings (SSSR count). The summed E-state index contributed by atoms with van der Waals surface area (Å²) < 4.78 is 34.0. The average molecular weight is 424 g/mol. The van der Waals surface area contributed by atoms with Gasteiger partial charge in [-0.2, -0.15) is 9.29 Å². The standard InChI is InChI=1S/C23H25N3O3S/c1-16-8-10-18(11-9-16)22-24-23(29-25-22)21-7-4-14-26(21)30(27,28)20-13-12-17-5-2-3-6-19(17)15-20/h8-13,15,21H,2-7,14H2,1H3. The van der Waals surface area contributed by atoms with E-state index >= 15 is 0 Å². The lowest BCUT2D eigenvalue weighted by atomic mass is 9.92. The SMILES string of the molecule is Cc1ccc(-c2noc(C3CCCN3S(=O)(=O)c3ccc4c(c3)CCCC4)n2)cc1. The van der Waals surface area contributed by atoms with Crippen LogP contribution in [0, 0.1) is 6.92 Å². The minimum Gasteiger partial charge on any atom is -0.337 e. The molecule has 7 heteroatoms. The van der Waals surface area contributed by atoms with Crippen molar-refractivity contribution in [3.8, 4) is 11.4 Å². The summed E-state index contributed by atoms with van der Waals surface area (Å²) in [6, 6.07) is 13.1. The molecule has 1 aromatic heterocycles. The second-order valence-corrected chi connectivity index (χ2v) is 10.1. The third-order valence-corrected chi connectivity index (χ3v) is 8.07. The highest BCUT2D eigenvalue weighted by molar-refractivity contribution is 7.89. The van der Waals surface area contributed by atoms with Crippen LogP contribution in [0.1, 0.15) is 54.3 Å². The van der Waals surface area contributed by atoms with Gasteiger partial charge in [0.1, 0.15) is 6.04 Å². The molecule has 1 atom stereocenters. The van der Waals surface area contributed by atoms with Gasteiger partial charge >= 0.3 is 0 Å². The molecule has 0 spiro atoms. The van der Waals surface area contributed by atoms with E-state index < -0.39 is 16.1 Å². The van der Waals surface area contributed by atoms with E-state index in [0.29, 0.717) is 29.6 Å². The normalized spacial score (nSPS) is 19.7. The quantitative estimate of drug-likeness (QED) is 0.620. The zero-order chi connectivity index (χ0) is 20.7. The molecular formula is C23H25N3O3S. The maximum atomic E-state index is 13.5. The first-order chi connectivity index (χ1) is 14.5. The van der Waals surface area contributed by atoms with Crippen LogP contribution >= 0.6 is 0 Å². The van der Waals surface area contributed by atoms with Crippen molar-refractivity contribution in [1.29, 1.82) is 0 Å². The van der Waals surface area contributed by atoms with Crippen LogP contribution in [0.2, 0.25) is 0 Å². The van der Waals surface area contributed by atoms with Gasteiger partial charge in [-0.05, 0) is 68.7 Å². The second kappa shape index (κ2) is 7.63. The maximum Gasteiger partial charge on any atom is 0.245 e. The Balaban J connectivity index is 1.44. The summed E-state index contributed by atoms with van der Waals surface area (Å²) in [5.41, 5.74) is 4.45. The number of hydrogen-bond donors (Lipinski definition) is 0. The van der Waals surface area contributed by atoms with Crippen LogP contribution < -0.4 is 0 Å². The number of aromatic nitrogens is 2. The molecule has 156 valence electrons. The molecule has 0 radical (unpaired) electrons. The maximum absolute atomic E-state index is 13.5. The summed E-state index contributed by atoms with van der Waals surface area (Å²) in [7, 11) is -3.62. The van der Waals surface area contributed by atoms with Gasteiger partial charge in [0, 0.05) is 12.1 Å². The van der Waals surface area contributed by atoms with Gasteiger partial charge in [-0.25, -0.2) is 8.42 Å². The monoisotopic (exact) mass is 423 g/mol. The Labute approximate surface area is 177 Å². The Morgan fingerprint density at radius 1 is 1.00 bits per heavy atom. The second-order valence-electron chi connectivity index (χ2n) is 8.23. The molecule has 3 aromatic rings.